The molecule has 0 aromatic heterocycles. The molecule has 168 valence electrons. The number of carbonyl (C=O) groups is 2. The Morgan fingerprint density at radius 1 is 0.879 bits per heavy atom. The Hall–Kier alpha value is -3.69. The lowest BCUT2D eigenvalue weighted by atomic mass is 10.1. The number of nitrogens with zero attached hydrogens (tertiary/aromatic N) is 2. The predicted octanol–water partition coefficient (Wildman–Crippen LogP) is 4.39. The van der Waals surface area contributed by atoms with Gasteiger partial charge in [-0.05, 0) is 42.0 Å². The molecule has 0 aliphatic carbocycles. The summed E-state index contributed by atoms with van der Waals surface area (Å²) in [5.41, 5.74) is 1.07. The summed E-state index contributed by atoms with van der Waals surface area (Å²) in [5.74, 6) is -2.48. The van der Waals surface area contributed by atoms with Crippen molar-refractivity contribution in [1.29, 1.82) is 0 Å². The molecular formula is C24H19F2N3O3S. The van der Waals surface area contributed by atoms with E-state index < -0.39 is 29.1 Å². The third kappa shape index (κ3) is 4.89. The van der Waals surface area contributed by atoms with E-state index in [0.717, 1.165) is 22.6 Å². The van der Waals surface area contributed by atoms with Crippen molar-refractivity contribution in [3.8, 4) is 0 Å². The molecule has 4 rings (SSSR count). The quantitative estimate of drug-likeness (QED) is 0.316. The van der Waals surface area contributed by atoms with Crippen LogP contribution in [0.15, 0.2) is 72.8 Å². The molecule has 0 unspecified atom stereocenters. The number of carbonyl (C=O) groups excluding carboxylic acids is 2. The normalized spacial score (nSPS) is 12.6. The average Bonchev–Trinajstić information content (AvgIpc) is 3.07. The molecule has 0 radical (unpaired) electrons. The Morgan fingerprint density at radius 2 is 1.45 bits per heavy atom. The van der Waals surface area contributed by atoms with Gasteiger partial charge in [-0.2, -0.15) is 0 Å². The molecule has 9 heteroatoms. The second-order valence-corrected chi connectivity index (χ2v) is 7.58. The molecule has 2 amide bonds. The fraction of sp³-hybridized carbons (Fsp3) is 0.125. The Bertz CT molecular complexity index is 1150. The second-order valence-electron chi connectivity index (χ2n) is 7.20. The zero-order chi connectivity index (χ0) is 23.4. The largest absolute Gasteiger partial charge is 0.326 e. The maximum Gasteiger partial charge on any atom is 0.261 e. The molecule has 1 heterocycles. The van der Waals surface area contributed by atoms with Gasteiger partial charge in [0.25, 0.3) is 11.8 Å². The second kappa shape index (κ2) is 9.85. The lowest BCUT2D eigenvalue weighted by Crippen LogP contribution is -2.42. The van der Waals surface area contributed by atoms with E-state index in [9.17, 15) is 18.4 Å². The highest BCUT2D eigenvalue weighted by atomic mass is 32.1. The van der Waals surface area contributed by atoms with Gasteiger partial charge >= 0.3 is 0 Å². The van der Waals surface area contributed by atoms with Crippen molar-refractivity contribution < 1.29 is 23.2 Å². The van der Waals surface area contributed by atoms with Gasteiger partial charge in [0.1, 0.15) is 23.9 Å². The van der Waals surface area contributed by atoms with E-state index in [4.69, 9.17) is 17.1 Å². The van der Waals surface area contributed by atoms with Crippen LogP contribution in [0.3, 0.4) is 0 Å². The number of anilines is 1. The summed E-state index contributed by atoms with van der Waals surface area (Å²) >= 11 is 5.33. The van der Waals surface area contributed by atoms with E-state index in [1.54, 1.807) is 24.3 Å². The van der Waals surface area contributed by atoms with Gasteiger partial charge in [0.05, 0.1) is 17.7 Å². The predicted molar refractivity (Wildman–Crippen MR) is 122 cm³/mol. The van der Waals surface area contributed by atoms with Gasteiger partial charge in [-0.15, -0.1) is 0 Å². The van der Waals surface area contributed by atoms with Crippen molar-refractivity contribution in [2.24, 2.45) is 0 Å². The number of para-hydroxylation sites is 1. The molecule has 3 aromatic rings. The van der Waals surface area contributed by atoms with Crippen molar-refractivity contribution in [3.63, 3.8) is 0 Å². The molecule has 0 fully saturated rings. The van der Waals surface area contributed by atoms with E-state index in [1.807, 2.05) is 30.3 Å². The standard InChI is InChI=1S/C24H19F2N3O3S/c25-19-11-6-12-20(26)21(19)27-24(33)29(32-15-16-7-2-1-3-8-16)14-13-28-22(30)17-9-4-5-10-18(17)23(28)31/h1-12H,13-15H2,(H,27,33). The molecule has 0 saturated heterocycles. The first-order valence-corrected chi connectivity index (χ1v) is 10.5. The first kappa shape index (κ1) is 22.5. The minimum atomic E-state index is -0.819. The number of hydroxylamine groups is 2. The molecule has 0 saturated carbocycles. The summed E-state index contributed by atoms with van der Waals surface area (Å²) < 4.78 is 28.2. The number of thiocarbonyl (C=S) groups is 1. The number of halogens is 2. The van der Waals surface area contributed by atoms with Gasteiger partial charge in [0.2, 0.25) is 0 Å². The summed E-state index contributed by atoms with van der Waals surface area (Å²) in [6.45, 7) is 0.0629. The first-order chi connectivity index (χ1) is 16.0. The maximum absolute atomic E-state index is 14.1. The van der Waals surface area contributed by atoms with Gasteiger partial charge < -0.3 is 5.32 Å². The van der Waals surface area contributed by atoms with Crippen LogP contribution >= 0.6 is 12.2 Å². The molecule has 3 aromatic carbocycles. The van der Waals surface area contributed by atoms with E-state index in [1.165, 1.54) is 11.1 Å². The number of nitrogens with one attached hydrogen (secondary N) is 1. The molecule has 1 N–H and O–H groups in total. The highest BCUT2D eigenvalue weighted by Crippen LogP contribution is 2.23. The topological polar surface area (TPSA) is 61.9 Å². The fourth-order valence-corrected chi connectivity index (χ4v) is 3.62. The summed E-state index contributed by atoms with van der Waals surface area (Å²) in [6, 6.07) is 19.2. The van der Waals surface area contributed by atoms with E-state index in [0.29, 0.717) is 11.1 Å². The first-order valence-electron chi connectivity index (χ1n) is 10.1. The van der Waals surface area contributed by atoms with Crippen LogP contribution in [0, 0.1) is 11.6 Å². The highest BCUT2D eigenvalue weighted by Gasteiger charge is 2.35. The van der Waals surface area contributed by atoms with E-state index in [2.05, 4.69) is 5.32 Å². The summed E-state index contributed by atoms with van der Waals surface area (Å²) in [4.78, 5) is 32.2. The van der Waals surface area contributed by atoms with Crippen molar-refractivity contribution in [3.05, 3.63) is 101 Å². The molecular weight excluding hydrogens is 448 g/mol. The number of hydrogen-bond donors (Lipinski definition) is 1. The molecule has 6 nitrogen and oxygen atoms in total. The highest BCUT2D eigenvalue weighted by molar-refractivity contribution is 7.80. The van der Waals surface area contributed by atoms with Crippen LogP contribution in [0.25, 0.3) is 0 Å². The number of hydrogen-bond acceptors (Lipinski definition) is 4. The zero-order valence-electron chi connectivity index (χ0n) is 17.3. The van der Waals surface area contributed by atoms with Gasteiger partial charge in [-0.25, -0.2) is 13.8 Å². The monoisotopic (exact) mass is 467 g/mol. The average molecular weight is 467 g/mol. The maximum atomic E-state index is 14.1. The van der Waals surface area contributed by atoms with Crippen LogP contribution < -0.4 is 5.32 Å². The van der Waals surface area contributed by atoms with Crippen molar-refractivity contribution in [2.75, 3.05) is 18.4 Å². The van der Waals surface area contributed by atoms with Crippen LogP contribution in [0.4, 0.5) is 14.5 Å². The summed E-state index contributed by atoms with van der Waals surface area (Å²) in [5, 5.41) is 3.61. The van der Waals surface area contributed by atoms with Gasteiger partial charge in [0.15, 0.2) is 5.11 Å². The van der Waals surface area contributed by atoms with Gasteiger partial charge in [-0.3, -0.25) is 19.3 Å². The number of amides is 2. The van der Waals surface area contributed by atoms with Crippen molar-refractivity contribution >= 4 is 34.8 Å². The van der Waals surface area contributed by atoms with Crippen LogP contribution in [0.1, 0.15) is 26.3 Å². The van der Waals surface area contributed by atoms with Crippen molar-refractivity contribution in [1.82, 2.24) is 9.96 Å². The minimum Gasteiger partial charge on any atom is -0.326 e. The summed E-state index contributed by atoms with van der Waals surface area (Å²) in [6.07, 6.45) is 0. The Labute approximate surface area is 194 Å². The number of benzene rings is 3. The lowest BCUT2D eigenvalue weighted by molar-refractivity contribution is -0.110. The van der Waals surface area contributed by atoms with E-state index in [-0.39, 0.29) is 24.8 Å². The van der Waals surface area contributed by atoms with Crippen LogP contribution in [-0.2, 0) is 11.4 Å². The van der Waals surface area contributed by atoms with Crippen LogP contribution in [0.2, 0.25) is 0 Å². The third-order valence-corrected chi connectivity index (χ3v) is 5.36. The number of imide groups is 1. The Morgan fingerprint density at radius 3 is 2.06 bits per heavy atom. The molecule has 0 bridgehead atoms. The number of rotatable bonds is 7. The Kier molecular flexibility index (Phi) is 6.71. The van der Waals surface area contributed by atoms with Crippen LogP contribution in [-0.4, -0.2) is 40.0 Å². The lowest BCUT2D eigenvalue weighted by Gasteiger charge is -2.27. The van der Waals surface area contributed by atoms with Crippen LogP contribution in [0.5, 0.6) is 0 Å². The molecule has 33 heavy (non-hydrogen) atoms. The third-order valence-electron chi connectivity index (χ3n) is 5.06. The number of fused-ring (bicyclic) bond motifs is 1. The molecule has 1 aliphatic heterocycles. The SMILES string of the molecule is O=C1c2ccccc2C(=O)N1CCN(OCc1ccccc1)C(=S)Nc1c(F)cccc1F. The summed E-state index contributed by atoms with van der Waals surface area (Å²) in [7, 11) is 0. The van der Waals surface area contributed by atoms with Gasteiger partial charge in [-0.1, -0.05) is 48.5 Å². The van der Waals surface area contributed by atoms with Crippen molar-refractivity contribution in [2.45, 2.75) is 6.61 Å². The molecule has 1 aliphatic rings. The van der Waals surface area contributed by atoms with E-state index >= 15 is 0 Å². The molecule has 0 atom stereocenters. The smallest absolute Gasteiger partial charge is 0.261 e. The minimum absolute atomic E-state index is 0.0137. The zero-order valence-corrected chi connectivity index (χ0v) is 18.1. The Balaban J connectivity index is 1.49. The fourth-order valence-electron chi connectivity index (χ4n) is 3.37. The molecule has 0 spiro atoms. The van der Waals surface area contributed by atoms with Gasteiger partial charge in [0, 0.05) is 6.54 Å².